The van der Waals surface area contributed by atoms with E-state index in [0.29, 0.717) is 0 Å². The van der Waals surface area contributed by atoms with Gasteiger partial charge in [-0.1, -0.05) is 0 Å². The van der Waals surface area contributed by atoms with Gasteiger partial charge in [0.15, 0.2) is 0 Å². The molecule has 1 aromatic heterocycles. The van der Waals surface area contributed by atoms with Crippen LogP contribution >= 0.6 is 0 Å². The molecule has 0 atom stereocenters. The van der Waals surface area contributed by atoms with E-state index in [1.165, 1.54) is 0 Å². The van der Waals surface area contributed by atoms with Crippen LogP contribution in [-0.4, -0.2) is 12.0 Å². The normalized spacial score (nSPS) is 10.6. The van der Waals surface area contributed by atoms with Gasteiger partial charge in [-0.2, -0.15) is 10.2 Å². The third-order valence-electron chi connectivity index (χ3n) is 2.10. The molecule has 1 N–H and O–H groups in total. The highest BCUT2D eigenvalue weighted by atomic mass is 15.1. The molecule has 2 aromatic rings. The number of azo groups is 1. The number of nitrogens with zero attached hydrogens (tertiary/aromatic N) is 3. The number of aromatic nitrogens is 1. The lowest BCUT2D eigenvalue weighted by Gasteiger charge is -1.98. The zero-order valence-electron chi connectivity index (χ0n) is 8.96. The number of benzene rings is 1. The first kappa shape index (κ1) is 10.3. The van der Waals surface area contributed by atoms with Crippen molar-refractivity contribution in [2.45, 2.75) is 0 Å². The van der Waals surface area contributed by atoms with Gasteiger partial charge < -0.3 is 5.32 Å². The summed E-state index contributed by atoms with van der Waals surface area (Å²) in [6, 6.07) is 11.4. The molecule has 0 aliphatic rings. The Hall–Kier alpha value is -2.23. The average Bonchev–Trinajstić information content (AvgIpc) is 2.38. The van der Waals surface area contributed by atoms with Gasteiger partial charge in [-0.05, 0) is 36.4 Å². The number of anilines is 1. The van der Waals surface area contributed by atoms with Gasteiger partial charge in [0, 0.05) is 25.1 Å². The first-order chi connectivity index (χ1) is 7.88. The van der Waals surface area contributed by atoms with Gasteiger partial charge in [0.25, 0.3) is 0 Å². The summed E-state index contributed by atoms with van der Waals surface area (Å²) >= 11 is 0. The summed E-state index contributed by atoms with van der Waals surface area (Å²) in [7, 11) is 1.88. The summed E-state index contributed by atoms with van der Waals surface area (Å²) in [6.45, 7) is 0. The molecule has 0 aliphatic heterocycles. The number of hydrogen-bond acceptors (Lipinski definition) is 4. The van der Waals surface area contributed by atoms with E-state index >= 15 is 0 Å². The Kier molecular flexibility index (Phi) is 3.23. The topological polar surface area (TPSA) is 49.6 Å². The van der Waals surface area contributed by atoms with Gasteiger partial charge in [-0.3, -0.25) is 4.98 Å². The molecule has 0 spiro atoms. The predicted molar refractivity (Wildman–Crippen MR) is 64.4 cm³/mol. The van der Waals surface area contributed by atoms with Crippen molar-refractivity contribution in [3.05, 3.63) is 48.8 Å². The van der Waals surface area contributed by atoms with Crippen molar-refractivity contribution < 1.29 is 0 Å². The molecule has 0 saturated heterocycles. The molecule has 0 fully saturated rings. The van der Waals surface area contributed by atoms with E-state index in [-0.39, 0.29) is 0 Å². The van der Waals surface area contributed by atoms with E-state index in [4.69, 9.17) is 0 Å². The minimum atomic E-state index is 0.799. The molecule has 0 radical (unpaired) electrons. The fraction of sp³-hybridized carbons (Fsp3) is 0.0833. The highest BCUT2D eigenvalue weighted by Crippen LogP contribution is 2.19. The second-order valence-electron chi connectivity index (χ2n) is 3.20. The largest absolute Gasteiger partial charge is 0.388 e. The Morgan fingerprint density at radius 2 is 1.44 bits per heavy atom. The lowest BCUT2D eigenvalue weighted by molar-refractivity contribution is 1.21. The summed E-state index contributed by atoms with van der Waals surface area (Å²) in [5, 5.41) is 11.3. The van der Waals surface area contributed by atoms with Gasteiger partial charge >= 0.3 is 0 Å². The summed E-state index contributed by atoms with van der Waals surface area (Å²) < 4.78 is 0. The molecule has 0 aliphatic carbocycles. The minimum absolute atomic E-state index is 0.799. The summed E-state index contributed by atoms with van der Waals surface area (Å²) in [6.07, 6.45) is 3.39. The average molecular weight is 212 g/mol. The van der Waals surface area contributed by atoms with E-state index in [2.05, 4.69) is 20.5 Å². The minimum Gasteiger partial charge on any atom is -0.388 e. The maximum Gasteiger partial charge on any atom is 0.0887 e. The van der Waals surface area contributed by atoms with Crippen LogP contribution in [0.25, 0.3) is 0 Å². The van der Waals surface area contributed by atoms with Crippen LogP contribution in [0.1, 0.15) is 0 Å². The fourth-order valence-corrected chi connectivity index (χ4v) is 1.22. The second kappa shape index (κ2) is 5.02. The van der Waals surface area contributed by atoms with E-state index < -0.39 is 0 Å². The van der Waals surface area contributed by atoms with Crippen molar-refractivity contribution in [1.29, 1.82) is 0 Å². The fourth-order valence-electron chi connectivity index (χ4n) is 1.22. The third kappa shape index (κ3) is 2.63. The van der Waals surface area contributed by atoms with Crippen LogP contribution in [0.3, 0.4) is 0 Å². The zero-order valence-corrected chi connectivity index (χ0v) is 8.96. The van der Waals surface area contributed by atoms with Crippen molar-refractivity contribution in [1.82, 2.24) is 4.98 Å². The van der Waals surface area contributed by atoms with E-state index in [0.717, 1.165) is 17.1 Å². The standard InChI is InChI=1S/C12H12N4/c1-13-10-2-4-11(5-3-10)15-16-12-6-8-14-9-7-12/h2-9,13H,1H3/b16-15+. The first-order valence-electron chi connectivity index (χ1n) is 4.98. The molecule has 1 heterocycles. The zero-order chi connectivity index (χ0) is 11.2. The molecule has 80 valence electrons. The Balaban J connectivity index is 2.12. The van der Waals surface area contributed by atoms with Crippen LogP contribution in [0, 0.1) is 0 Å². The van der Waals surface area contributed by atoms with Crippen molar-refractivity contribution >= 4 is 17.1 Å². The lowest BCUT2D eigenvalue weighted by atomic mass is 10.3. The molecule has 16 heavy (non-hydrogen) atoms. The molecule has 0 bridgehead atoms. The summed E-state index contributed by atoms with van der Waals surface area (Å²) in [4.78, 5) is 3.91. The van der Waals surface area contributed by atoms with Crippen LogP contribution in [0.4, 0.5) is 17.1 Å². The Morgan fingerprint density at radius 3 is 2.00 bits per heavy atom. The van der Waals surface area contributed by atoms with Crippen LogP contribution in [0.15, 0.2) is 59.0 Å². The number of hydrogen-bond donors (Lipinski definition) is 1. The van der Waals surface area contributed by atoms with E-state index in [1.807, 2.05) is 43.4 Å². The SMILES string of the molecule is CNc1ccc(/N=N/c2ccncc2)cc1. The van der Waals surface area contributed by atoms with Crippen molar-refractivity contribution in [2.75, 3.05) is 12.4 Å². The van der Waals surface area contributed by atoms with E-state index in [1.54, 1.807) is 12.4 Å². The monoisotopic (exact) mass is 212 g/mol. The van der Waals surface area contributed by atoms with Crippen LogP contribution in [0.5, 0.6) is 0 Å². The van der Waals surface area contributed by atoms with Crippen LogP contribution in [-0.2, 0) is 0 Å². The van der Waals surface area contributed by atoms with Gasteiger partial charge in [0.1, 0.15) is 0 Å². The highest BCUT2D eigenvalue weighted by Gasteiger charge is 1.91. The Bertz CT molecular complexity index is 462. The number of nitrogens with one attached hydrogen (secondary N) is 1. The van der Waals surface area contributed by atoms with Gasteiger partial charge in [0.05, 0.1) is 11.4 Å². The molecular weight excluding hydrogens is 200 g/mol. The summed E-state index contributed by atoms with van der Waals surface area (Å²) in [5.74, 6) is 0. The van der Waals surface area contributed by atoms with E-state index in [9.17, 15) is 0 Å². The van der Waals surface area contributed by atoms with Gasteiger partial charge in [-0.15, -0.1) is 0 Å². The lowest BCUT2D eigenvalue weighted by Crippen LogP contribution is -1.84. The predicted octanol–water partition coefficient (Wildman–Crippen LogP) is 3.54. The molecule has 2 rings (SSSR count). The highest BCUT2D eigenvalue weighted by molar-refractivity contribution is 5.50. The third-order valence-corrected chi connectivity index (χ3v) is 2.10. The van der Waals surface area contributed by atoms with Crippen LogP contribution in [0.2, 0.25) is 0 Å². The van der Waals surface area contributed by atoms with Crippen LogP contribution < -0.4 is 5.32 Å². The maximum absolute atomic E-state index is 4.12. The summed E-state index contributed by atoms with van der Waals surface area (Å²) in [5.41, 5.74) is 2.69. The first-order valence-corrected chi connectivity index (χ1v) is 4.98. The second-order valence-corrected chi connectivity index (χ2v) is 3.20. The molecule has 0 unspecified atom stereocenters. The van der Waals surface area contributed by atoms with Crippen molar-refractivity contribution in [2.24, 2.45) is 10.2 Å². The van der Waals surface area contributed by atoms with Crippen molar-refractivity contribution in [3.8, 4) is 0 Å². The molecular formula is C12H12N4. The number of pyridine rings is 1. The molecule has 1 aromatic carbocycles. The van der Waals surface area contributed by atoms with Gasteiger partial charge in [-0.25, -0.2) is 0 Å². The quantitative estimate of drug-likeness (QED) is 0.791. The molecule has 0 saturated carbocycles. The molecule has 0 amide bonds. The van der Waals surface area contributed by atoms with Crippen molar-refractivity contribution in [3.63, 3.8) is 0 Å². The molecule has 4 nitrogen and oxygen atoms in total. The van der Waals surface area contributed by atoms with Gasteiger partial charge in [0.2, 0.25) is 0 Å². The smallest absolute Gasteiger partial charge is 0.0887 e. The maximum atomic E-state index is 4.12. The Morgan fingerprint density at radius 1 is 0.875 bits per heavy atom. The number of rotatable bonds is 3. The molecule has 4 heteroatoms. The Labute approximate surface area is 94.1 Å².